The average molecular weight is 311 g/mol. The van der Waals surface area contributed by atoms with Crippen molar-refractivity contribution in [2.45, 2.75) is 59.1 Å². The van der Waals surface area contributed by atoms with Crippen LogP contribution in [0.15, 0.2) is 5.38 Å². The molecule has 1 aliphatic rings. The van der Waals surface area contributed by atoms with Gasteiger partial charge in [-0.25, -0.2) is 9.78 Å². The number of likely N-dealkylation sites (tertiary alicyclic amines) is 1. The van der Waals surface area contributed by atoms with Gasteiger partial charge in [0.15, 0.2) is 5.13 Å². The summed E-state index contributed by atoms with van der Waals surface area (Å²) in [5, 5.41) is 2.48. The van der Waals surface area contributed by atoms with Gasteiger partial charge in [-0.05, 0) is 39.0 Å². The molecule has 21 heavy (non-hydrogen) atoms. The predicted molar refractivity (Wildman–Crippen MR) is 85.2 cm³/mol. The van der Waals surface area contributed by atoms with Crippen molar-refractivity contribution >= 4 is 22.6 Å². The van der Waals surface area contributed by atoms with E-state index in [0.717, 1.165) is 18.5 Å². The zero-order valence-electron chi connectivity index (χ0n) is 13.5. The number of carbonyl (C=O) groups excluding carboxylic acids is 1. The number of rotatable bonds is 1. The summed E-state index contributed by atoms with van der Waals surface area (Å²) in [7, 11) is 0. The molecule has 0 spiro atoms. The first-order valence-corrected chi connectivity index (χ1v) is 8.16. The highest BCUT2D eigenvalue weighted by atomic mass is 32.1. The van der Waals surface area contributed by atoms with Gasteiger partial charge in [0.05, 0.1) is 11.7 Å². The molecule has 0 saturated carbocycles. The third-order valence-corrected chi connectivity index (χ3v) is 4.27. The lowest BCUT2D eigenvalue weighted by molar-refractivity contribution is -0.00851. The SMILES string of the molecule is CC1(C)CCC(c2csc(N)n2)N(C(=O)OC(C)(C)C)C1. The van der Waals surface area contributed by atoms with Crippen LogP contribution in [-0.4, -0.2) is 28.1 Å². The van der Waals surface area contributed by atoms with Crippen LogP contribution in [0, 0.1) is 5.41 Å². The van der Waals surface area contributed by atoms with E-state index in [1.807, 2.05) is 31.1 Å². The first-order chi connectivity index (χ1) is 9.57. The number of nitrogens with two attached hydrogens (primary N) is 1. The molecule has 5 nitrogen and oxygen atoms in total. The number of ether oxygens (including phenoxy) is 1. The van der Waals surface area contributed by atoms with Crippen molar-refractivity contribution in [2.75, 3.05) is 12.3 Å². The van der Waals surface area contributed by atoms with Crippen LogP contribution in [0.3, 0.4) is 0 Å². The number of hydrogen-bond donors (Lipinski definition) is 1. The minimum absolute atomic E-state index is 0.0403. The van der Waals surface area contributed by atoms with Crippen molar-refractivity contribution < 1.29 is 9.53 Å². The molecule has 0 radical (unpaired) electrons. The van der Waals surface area contributed by atoms with Crippen LogP contribution in [0.4, 0.5) is 9.93 Å². The summed E-state index contributed by atoms with van der Waals surface area (Å²) in [5.74, 6) is 0. The zero-order chi connectivity index (χ0) is 15.8. The topological polar surface area (TPSA) is 68.5 Å². The number of amides is 1. The van der Waals surface area contributed by atoms with Crippen molar-refractivity contribution in [1.29, 1.82) is 0 Å². The third kappa shape index (κ3) is 4.09. The van der Waals surface area contributed by atoms with E-state index in [2.05, 4.69) is 18.8 Å². The van der Waals surface area contributed by atoms with Gasteiger partial charge in [-0.15, -0.1) is 11.3 Å². The Labute approximate surface area is 130 Å². The van der Waals surface area contributed by atoms with E-state index in [0.29, 0.717) is 11.7 Å². The van der Waals surface area contributed by atoms with E-state index in [1.54, 1.807) is 0 Å². The molecule has 1 fully saturated rings. The molecule has 0 aromatic carbocycles. The molecular weight excluding hydrogens is 286 g/mol. The highest BCUT2D eigenvalue weighted by Crippen LogP contribution is 2.40. The summed E-state index contributed by atoms with van der Waals surface area (Å²) in [5.41, 5.74) is 6.21. The Kier molecular flexibility index (Phi) is 4.19. The standard InChI is InChI=1S/C15H25N3O2S/c1-14(2,3)20-13(19)18-9-15(4,5)7-6-11(18)10-8-21-12(16)17-10/h8,11H,6-7,9H2,1-5H3,(H2,16,17). The van der Waals surface area contributed by atoms with E-state index in [4.69, 9.17) is 10.5 Å². The Bertz CT molecular complexity index is 519. The van der Waals surface area contributed by atoms with E-state index in [1.165, 1.54) is 11.3 Å². The van der Waals surface area contributed by atoms with Crippen molar-refractivity contribution in [3.05, 3.63) is 11.1 Å². The maximum absolute atomic E-state index is 12.5. The second-order valence-corrected chi connectivity index (χ2v) is 8.33. The summed E-state index contributed by atoms with van der Waals surface area (Å²) in [4.78, 5) is 18.7. The molecule has 1 atom stereocenters. The molecule has 118 valence electrons. The Morgan fingerprint density at radius 3 is 2.71 bits per heavy atom. The Morgan fingerprint density at radius 2 is 2.19 bits per heavy atom. The van der Waals surface area contributed by atoms with Gasteiger partial charge in [-0.3, -0.25) is 4.90 Å². The number of aromatic nitrogens is 1. The summed E-state index contributed by atoms with van der Waals surface area (Å²) >= 11 is 1.41. The lowest BCUT2D eigenvalue weighted by Crippen LogP contribution is -2.47. The summed E-state index contributed by atoms with van der Waals surface area (Å²) in [6.45, 7) is 10.7. The lowest BCUT2D eigenvalue weighted by Gasteiger charge is -2.43. The molecule has 0 bridgehead atoms. The zero-order valence-corrected chi connectivity index (χ0v) is 14.3. The number of hydrogen-bond acceptors (Lipinski definition) is 5. The van der Waals surface area contributed by atoms with Gasteiger partial charge in [-0.2, -0.15) is 0 Å². The number of nitrogen functional groups attached to an aromatic ring is 1. The molecule has 6 heteroatoms. The number of piperidine rings is 1. The number of nitrogens with zero attached hydrogens (tertiary/aromatic N) is 2. The summed E-state index contributed by atoms with van der Waals surface area (Å²) in [6, 6.07) is -0.0403. The van der Waals surface area contributed by atoms with Gasteiger partial charge >= 0.3 is 6.09 Å². The first kappa shape index (κ1) is 16.1. The Hall–Kier alpha value is -1.30. The van der Waals surface area contributed by atoms with Crippen molar-refractivity contribution in [3.8, 4) is 0 Å². The van der Waals surface area contributed by atoms with Crippen LogP contribution in [0.2, 0.25) is 0 Å². The molecule has 1 aliphatic heterocycles. The van der Waals surface area contributed by atoms with E-state index in [9.17, 15) is 4.79 Å². The van der Waals surface area contributed by atoms with Crippen LogP contribution >= 0.6 is 11.3 Å². The van der Waals surface area contributed by atoms with Gasteiger partial charge in [0.2, 0.25) is 0 Å². The smallest absolute Gasteiger partial charge is 0.410 e. The quantitative estimate of drug-likeness (QED) is 0.856. The molecule has 1 aromatic rings. The van der Waals surface area contributed by atoms with Crippen LogP contribution in [0.5, 0.6) is 0 Å². The van der Waals surface area contributed by atoms with E-state index in [-0.39, 0.29) is 17.6 Å². The van der Waals surface area contributed by atoms with Crippen LogP contribution in [-0.2, 0) is 4.74 Å². The molecule has 1 unspecified atom stereocenters. The average Bonchev–Trinajstić information content (AvgIpc) is 2.72. The maximum atomic E-state index is 12.5. The molecule has 2 N–H and O–H groups in total. The van der Waals surface area contributed by atoms with Crippen molar-refractivity contribution in [2.24, 2.45) is 5.41 Å². The normalized spacial score (nSPS) is 22.1. The van der Waals surface area contributed by atoms with Crippen LogP contribution in [0.25, 0.3) is 0 Å². The first-order valence-electron chi connectivity index (χ1n) is 7.28. The van der Waals surface area contributed by atoms with Gasteiger partial charge in [0.1, 0.15) is 5.60 Å². The molecule has 1 saturated heterocycles. The number of carbonyl (C=O) groups is 1. The van der Waals surface area contributed by atoms with Crippen molar-refractivity contribution in [3.63, 3.8) is 0 Å². The fraction of sp³-hybridized carbons (Fsp3) is 0.733. The molecule has 1 aromatic heterocycles. The summed E-state index contributed by atoms with van der Waals surface area (Å²) < 4.78 is 5.56. The molecule has 1 amide bonds. The van der Waals surface area contributed by atoms with Crippen LogP contribution in [0.1, 0.15) is 59.2 Å². The van der Waals surface area contributed by atoms with Crippen molar-refractivity contribution in [1.82, 2.24) is 9.88 Å². The monoisotopic (exact) mass is 311 g/mol. The minimum atomic E-state index is -0.496. The highest BCUT2D eigenvalue weighted by molar-refractivity contribution is 7.13. The minimum Gasteiger partial charge on any atom is -0.444 e. The number of thiazole rings is 1. The van der Waals surface area contributed by atoms with Gasteiger partial charge < -0.3 is 10.5 Å². The van der Waals surface area contributed by atoms with Gasteiger partial charge in [0.25, 0.3) is 0 Å². The Balaban J connectivity index is 2.23. The molecular formula is C15H25N3O2S. The fourth-order valence-corrected chi connectivity index (χ4v) is 3.22. The van der Waals surface area contributed by atoms with E-state index < -0.39 is 5.60 Å². The van der Waals surface area contributed by atoms with Gasteiger partial charge in [-0.1, -0.05) is 13.8 Å². The van der Waals surface area contributed by atoms with Crippen LogP contribution < -0.4 is 5.73 Å². The lowest BCUT2D eigenvalue weighted by atomic mass is 9.81. The fourth-order valence-electron chi connectivity index (χ4n) is 2.61. The molecule has 0 aliphatic carbocycles. The van der Waals surface area contributed by atoms with Gasteiger partial charge in [0, 0.05) is 11.9 Å². The molecule has 2 heterocycles. The molecule has 2 rings (SSSR count). The maximum Gasteiger partial charge on any atom is 0.410 e. The predicted octanol–water partition coefficient (Wildman–Crippen LogP) is 3.82. The highest BCUT2D eigenvalue weighted by Gasteiger charge is 2.39. The second-order valence-electron chi connectivity index (χ2n) is 7.44. The largest absolute Gasteiger partial charge is 0.444 e. The second kappa shape index (κ2) is 5.48. The van der Waals surface area contributed by atoms with E-state index >= 15 is 0 Å². The number of anilines is 1. The summed E-state index contributed by atoms with van der Waals surface area (Å²) in [6.07, 6.45) is 1.66. The third-order valence-electron chi connectivity index (χ3n) is 3.58. The Morgan fingerprint density at radius 1 is 1.52 bits per heavy atom.